The van der Waals surface area contributed by atoms with Crippen molar-refractivity contribution in [3.63, 3.8) is 0 Å². The van der Waals surface area contributed by atoms with Crippen LogP contribution in [0.2, 0.25) is 0 Å². The lowest BCUT2D eigenvalue weighted by Gasteiger charge is -2.22. The summed E-state index contributed by atoms with van der Waals surface area (Å²) in [6, 6.07) is 0. The minimum absolute atomic E-state index is 0.0652. The summed E-state index contributed by atoms with van der Waals surface area (Å²) < 4.78 is 47.2. The predicted octanol–water partition coefficient (Wildman–Crippen LogP) is 0.433. The summed E-state index contributed by atoms with van der Waals surface area (Å²) in [5.74, 6) is -4.23. The molecule has 0 aromatic heterocycles. The molecule has 0 amide bonds. The number of rotatable bonds is 6. The number of nitrogens with two attached hydrogens (primary N) is 1. The van der Waals surface area contributed by atoms with Gasteiger partial charge in [-0.3, -0.25) is 5.41 Å². The SMILES string of the molecule is CCN(CC(C)C(=N)N)S(=O)(=O)C(F)F. The third-order valence-electron chi connectivity index (χ3n) is 1.95. The number of hydrogen-bond donors (Lipinski definition) is 2. The van der Waals surface area contributed by atoms with Gasteiger partial charge in [-0.15, -0.1) is 0 Å². The number of hydrogen-bond acceptors (Lipinski definition) is 3. The zero-order valence-electron chi connectivity index (χ0n) is 8.57. The van der Waals surface area contributed by atoms with Gasteiger partial charge in [-0.2, -0.15) is 13.1 Å². The van der Waals surface area contributed by atoms with Gasteiger partial charge in [0.1, 0.15) is 0 Å². The Kier molecular flexibility index (Phi) is 5.09. The van der Waals surface area contributed by atoms with E-state index in [1.807, 2.05) is 0 Å². The van der Waals surface area contributed by atoms with Crippen molar-refractivity contribution in [1.82, 2.24) is 4.31 Å². The Bertz CT molecular complexity index is 318. The maximum atomic E-state index is 12.2. The first kappa shape index (κ1) is 14.2. The van der Waals surface area contributed by atoms with E-state index in [0.29, 0.717) is 4.31 Å². The maximum Gasteiger partial charge on any atom is 0.350 e. The van der Waals surface area contributed by atoms with Gasteiger partial charge in [-0.1, -0.05) is 13.8 Å². The summed E-state index contributed by atoms with van der Waals surface area (Å²) in [5.41, 5.74) is 5.13. The highest BCUT2D eigenvalue weighted by molar-refractivity contribution is 7.89. The molecule has 0 aliphatic carbocycles. The maximum absolute atomic E-state index is 12.2. The molecule has 1 atom stereocenters. The number of nitrogens with one attached hydrogen (secondary N) is 1. The molecule has 0 aliphatic heterocycles. The quantitative estimate of drug-likeness (QED) is 0.524. The van der Waals surface area contributed by atoms with Crippen molar-refractivity contribution in [2.75, 3.05) is 13.1 Å². The molecule has 1 unspecified atom stereocenters. The highest BCUT2D eigenvalue weighted by Crippen LogP contribution is 2.13. The monoisotopic (exact) mass is 243 g/mol. The number of sulfonamides is 1. The Balaban J connectivity index is 4.72. The van der Waals surface area contributed by atoms with Crippen molar-refractivity contribution in [3.8, 4) is 0 Å². The van der Waals surface area contributed by atoms with Crippen LogP contribution in [0.3, 0.4) is 0 Å². The molecular formula is C7H15F2N3O2S. The summed E-state index contributed by atoms with van der Waals surface area (Å²) >= 11 is 0. The highest BCUT2D eigenvalue weighted by atomic mass is 32.2. The molecule has 0 heterocycles. The minimum Gasteiger partial charge on any atom is -0.387 e. The first-order valence-corrected chi connectivity index (χ1v) is 5.84. The summed E-state index contributed by atoms with van der Waals surface area (Å²) in [6.07, 6.45) is 0. The van der Waals surface area contributed by atoms with E-state index in [4.69, 9.17) is 11.1 Å². The Morgan fingerprint density at radius 1 is 1.53 bits per heavy atom. The van der Waals surface area contributed by atoms with Crippen molar-refractivity contribution in [1.29, 1.82) is 5.41 Å². The topological polar surface area (TPSA) is 87.2 Å². The molecule has 8 heteroatoms. The minimum atomic E-state index is -4.57. The molecule has 0 fully saturated rings. The third kappa shape index (κ3) is 3.71. The van der Waals surface area contributed by atoms with Crippen LogP contribution in [0.1, 0.15) is 13.8 Å². The fraction of sp³-hybridized carbons (Fsp3) is 0.857. The zero-order valence-corrected chi connectivity index (χ0v) is 9.39. The summed E-state index contributed by atoms with van der Waals surface area (Å²) in [7, 11) is -4.57. The first-order chi connectivity index (χ1) is 6.73. The van der Waals surface area contributed by atoms with Crippen molar-refractivity contribution in [2.24, 2.45) is 11.7 Å². The van der Waals surface area contributed by atoms with Gasteiger partial charge in [-0.25, -0.2) is 8.42 Å². The van der Waals surface area contributed by atoms with E-state index in [1.165, 1.54) is 13.8 Å². The van der Waals surface area contributed by atoms with E-state index in [0.717, 1.165) is 0 Å². The van der Waals surface area contributed by atoms with Gasteiger partial charge >= 0.3 is 5.76 Å². The smallest absolute Gasteiger partial charge is 0.350 e. The molecule has 90 valence electrons. The van der Waals surface area contributed by atoms with Crippen molar-refractivity contribution in [3.05, 3.63) is 0 Å². The molecule has 0 aliphatic rings. The zero-order chi connectivity index (χ0) is 12.2. The lowest BCUT2D eigenvalue weighted by Crippen LogP contribution is -2.40. The molecule has 0 aromatic carbocycles. The molecular weight excluding hydrogens is 228 g/mol. The van der Waals surface area contributed by atoms with Crippen LogP contribution in [-0.4, -0.2) is 37.4 Å². The lowest BCUT2D eigenvalue weighted by molar-refractivity contribution is 0.218. The molecule has 0 saturated carbocycles. The molecule has 15 heavy (non-hydrogen) atoms. The van der Waals surface area contributed by atoms with Crippen LogP contribution in [-0.2, 0) is 10.0 Å². The van der Waals surface area contributed by atoms with Crippen LogP contribution in [0.5, 0.6) is 0 Å². The molecule has 0 spiro atoms. The second-order valence-electron chi connectivity index (χ2n) is 3.11. The second kappa shape index (κ2) is 5.36. The molecule has 5 nitrogen and oxygen atoms in total. The van der Waals surface area contributed by atoms with Crippen LogP contribution in [0, 0.1) is 11.3 Å². The van der Waals surface area contributed by atoms with E-state index in [1.54, 1.807) is 0 Å². The van der Waals surface area contributed by atoms with E-state index in [-0.39, 0.29) is 18.9 Å². The highest BCUT2D eigenvalue weighted by Gasteiger charge is 2.32. The largest absolute Gasteiger partial charge is 0.387 e. The summed E-state index contributed by atoms with van der Waals surface area (Å²) in [4.78, 5) is 0. The second-order valence-corrected chi connectivity index (χ2v) is 5.02. The number of amidine groups is 1. The molecule has 0 aromatic rings. The molecule has 3 N–H and O–H groups in total. The summed E-state index contributed by atoms with van der Waals surface area (Å²) in [6.45, 7) is 2.70. The van der Waals surface area contributed by atoms with Crippen LogP contribution < -0.4 is 5.73 Å². The normalized spacial score (nSPS) is 14.5. The Hall–Kier alpha value is -0.760. The van der Waals surface area contributed by atoms with Crippen LogP contribution in [0.4, 0.5) is 8.78 Å². The Labute approximate surface area is 87.8 Å². The van der Waals surface area contributed by atoms with Gasteiger partial charge in [0.2, 0.25) is 0 Å². The average molecular weight is 243 g/mol. The van der Waals surface area contributed by atoms with Gasteiger partial charge in [0, 0.05) is 19.0 Å². The van der Waals surface area contributed by atoms with Crippen molar-refractivity contribution < 1.29 is 17.2 Å². The van der Waals surface area contributed by atoms with Gasteiger partial charge in [-0.05, 0) is 0 Å². The third-order valence-corrected chi connectivity index (χ3v) is 3.52. The summed E-state index contributed by atoms with van der Waals surface area (Å²) in [5, 5.41) is 7.05. The van der Waals surface area contributed by atoms with E-state index in [9.17, 15) is 17.2 Å². The van der Waals surface area contributed by atoms with Gasteiger partial charge < -0.3 is 5.73 Å². The van der Waals surface area contributed by atoms with Crippen LogP contribution in [0.15, 0.2) is 0 Å². The first-order valence-electron chi connectivity index (χ1n) is 4.34. The molecule has 0 radical (unpaired) electrons. The van der Waals surface area contributed by atoms with Crippen molar-refractivity contribution >= 4 is 15.9 Å². The van der Waals surface area contributed by atoms with Crippen LogP contribution in [0.25, 0.3) is 0 Å². The Morgan fingerprint density at radius 2 is 2.00 bits per heavy atom. The van der Waals surface area contributed by atoms with E-state index < -0.39 is 21.7 Å². The molecule has 0 saturated heterocycles. The number of alkyl halides is 2. The molecule has 0 bridgehead atoms. The van der Waals surface area contributed by atoms with Gasteiger partial charge in [0.05, 0.1) is 5.84 Å². The fourth-order valence-electron chi connectivity index (χ4n) is 0.929. The standard InChI is InChI=1S/C7H15F2N3O2S/c1-3-12(4-5(2)6(10)11)15(13,14)7(8)9/h5,7H,3-4H2,1-2H3,(H3,10,11). The lowest BCUT2D eigenvalue weighted by atomic mass is 10.1. The van der Waals surface area contributed by atoms with E-state index in [2.05, 4.69) is 0 Å². The van der Waals surface area contributed by atoms with Crippen molar-refractivity contribution in [2.45, 2.75) is 19.6 Å². The average Bonchev–Trinajstić information content (AvgIpc) is 2.12. The molecule has 0 rings (SSSR count). The number of halogens is 2. The number of nitrogens with zero attached hydrogens (tertiary/aromatic N) is 1. The van der Waals surface area contributed by atoms with E-state index >= 15 is 0 Å². The predicted molar refractivity (Wildman–Crippen MR) is 53.2 cm³/mol. The van der Waals surface area contributed by atoms with Crippen LogP contribution >= 0.6 is 0 Å². The van der Waals surface area contributed by atoms with Gasteiger partial charge in [0.25, 0.3) is 10.0 Å². The Morgan fingerprint density at radius 3 is 2.27 bits per heavy atom. The van der Waals surface area contributed by atoms with Gasteiger partial charge in [0.15, 0.2) is 0 Å². The fourth-order valence-corrected chi connectivity index (χ4v) is 1.95.